The Labute approximate surface area is 151 Å². The van der Waals surface area contributed by atoms with Crippen LogP contribution in [0, 0.1) is 0 Å². The highest BCUT2D eigenvalue weighted by atomic mass is 35.6. The van der Waals surface area contributed by atoms with Crippen molar-refractivity contribution in [3.63, 3.8) is 0 Å². The normalized spacial score (nSPS) is 11.5. The number of para-hydroxylation sites is 1. The van der Waals surface area contributed by atoms with E-state index in [0.29, 0.717) is 5.95 Å². The van der Waals surface area contributed by atoms with Crippen LogP contribution in [0.3, 0.4) is 0 Å². The van der Waals surface area contributed by atoms with E-state index in [9.17, 15) is 0 Å². The molecule has 2 heterocycles. The molecular formula is C13H10Cl3N7O. The molecule has 0 spiro atoms. The Hall–Kier alpha value is -2.16. The summed E-state index contributed by atoms with van der Waals surface area (Å²) >= 11 is 17.1. The first-order valence-corrected chi connectivity index (χ1v) is 7.69. The molecule has 8 nitrogen and oxygen atoms in total. The molecule has 2 aromatic heterocycles. The zero-order valence-electron chi connectivity index (χ0n) is 12.2. The molecule has 0 unspecified atom stereocenters. The maximum Gasteiger partial charge on any atom is 0.279 e. The first kappa shape index (κ1) is 16.7. The van der Waals surface area contributed by atoms with Crippen molar-refractivity contribution in [3.8, 4) is 11.6 Å². The van der Waals surface area contributed by atoms with Crippen LogP contribution < -0.4 is 10.6 Å². The highest BCUT2D eigenvalue weighted by molar-refractivity contribution is 6.66. The molecule has 11 heteroatoms. The quantitative estimate of drug-likeness (QED) is 0.684. The van der Waals surface area contributed by atoms with E-state index in [1.807, 2.05) is 30.3 Å². The third kappa shape index (κ3) is 3.50. The molecule has 0 atom stereocenters. The van der Waals surface area contributed by atoms with Crippen LogP contribution in [0.15, 0.2) is 34.9 Å². The minimum Gasteiger partial charge on any atom is -0.368 e. The maximum atomic E-state index is 5.75. The summed E-state index contributed by atoms with van der Waals surface area (Å²) in [7, 11) is 1.79. The second-order valence-corrected chi connectivity index (χ2v) is 6.91. The summed E-state index contributed by atoms with van der Waals surface area (Å²) in [6, 6.07) is 9.49. The van der Waals surface area contributed by atoms with E-state index in [1.54, 1.807) is 11.9 Å². The molecule has 2 N–H and O–H groups in total. The van der Waals surface area contributed by atoms with Gasteiger partial charge in [0.15, 0.2) is 0 Å². The van der Waals surface area contributed by atoms with Gasteiger partial charge in [-0.3, -0.25) is 0 Å². The fourth-order valence-electron chi connectivity index (χ4n) is 1.83. The van der Waals surface area contributed by atoms with Crippen LogP contribution in [-0.2, 0) is 3.79 Å². The number of nitrogens with two attached hydrogens (primary N) is 1. The summed E-state index contributed by atoms with van der Waals surface area (Å²) in [5.74, 6) is 0.249. The summed E-state index contributed by atoms with van der Waals surface area (Å²) in [5, 5.41) is 3.70. The molecule has 0 saturated carbocycles. The standard InChI is InChI=1S/C13H10Cl3N7O/c1-23(7-5-3-2-4-6-7)12-20-8(19-11(17)21-12)9-18-10(24-22-9)13(14,15)16/h2-6H,1H3,(H2,17,19,20,21). The van der Waals surface area contributed by atoms with Gasteiger partial charge in [0.25, 0.3) is 9.68 Å². The van der Waals surface area contributed by atoms with Crippen molar-refractivity contribution in [2.75, 3.05) is 17.7 Å². The van der Waals surface area contributed by atoms with Gasteiger partial charge in [0.05, 0.1) is 0 Å². The highest BCUT2D eigenvalue weighted by Gasteiger charge is 2.31. The van der Waals surface area contributed by atoms with E-state index in [1.165, 1.54) is 0 Å². The number of aromatic nitrogens is 5. The lowest BCUT2D eigenvalue weighted by Gasteiger charge is -2.17. The monoisotopic (exact) mass is 385 g/mol. The molecule has 0 fully saturated rings. The number of halogens is 3. The van der Waals surface area contributed by atoms with E-state index in [0.717, 1.165) is 5.69 Å². The zero-order valence-corrected chi connectivity index (χ0v) is 14.5. The van der Waals surface area contributed by atoms with Gasteiger partial charge in [-0.25, -0.2) is 0 Å². The topological polar surface area (TPSA) is 107 Å². The number of alkyl halides is 3. The molecule has 0 saturated heterocycles. The molecule has 0 aliphatic heterocycles. The molecule has 0 aliphatic rings. The minimum atomic E-state index is -1.84. The lowest BCUT2D eigenvalue weighted by atomic mass is 10.3. The van der Waals surface area contributed by atoms with Gasteiger partial charge in [0, 0.05) is 12.7 Å². The Balaban J connectivity index is 1.99. The van der Waals surface area contributed by atoms with E-state index >= 15 is 0 Å². The molecule has 0 bridgehead atoms. The lowest BCUT2D eigenvalue weighted by Crippen LogP contribution is -2.15. The number of nitrogens with zero attached hydrogens (tertiary/aromatic N) is 6. The fraction of sp³-hybridized carbons (Fsp3) is 0.154. The third-order valence-corrected chi connectivity index (χ3v) is 3.44. The number of hydrogen-bond donors (Lipinski definition) is 1. The van der Waals surface area contributed by atoms with Gasteiger partial charge in [0.2, 0.25) is 23.5 Å². The Kier molecular flexibility index (Phi) is 4.44. The molecule has 124 valence electrons. The Morgan fingerprint density at radius 3 is 2.33 bits per heavy atom. The number of rotatable bonds is 3. The van der Waals surface area contributed by atoms with Crippen LogP contribution >= 0.6 is 34.8 Å². The van der Waals surface area contributed by atoms with Gasteiger partial charge in [-0.1, -0.05) is 58.2 Å². The van der Waals surface area contributed by atoms with E-state index in [-0.39, 0.29) is 23.5 Å². The van der Waals surface area contributed by atoms with Crippen LogP contribution in [-0.4, -0.2) is 32.1 Å². The third-order valence-electron chi connectivity index (χ3n) is 2.95. The average molecular weight is 387 g/mol. The van der Waals surface area contributed by atoms with Gasteiger partial charge < -0.3 is 15.2 Å². The highest BCUT2D eigenvalue weighted by Crippen LogP contribution is 2.37. The zero-order chi connectivity index (χ0) is 17.3. The molecule has 3 aromatic rings. The second kappa shape index (κ2) is 6.39. The molecular weight excluding hydrogens is 377 g/mol. The van der Waals surface area contributed by atoms with Crippen molar-refractivity contribution in [3.05, 3.63) is 36.2 Å². The van der Waals surface area contributed by atoms with Gasteiger partial charge in [-0.15, -0.1) is 0 Å². The largest absolute Gasteiger partial charge is 0.368 e. The van der Waals surface area contributed by atoms with Crippen LogP contribution in [0.5, 0.6) is 0 Å². The van der Waals surface area contributed by atoms with Crippen molar-refractivity contribution in [2.45, 2.75) is 3.79 Å². The first-order valence-electron chi connectivity index (χ1n) is 6.56. The van der Waals surface area contributed by atoms with Crippen LogP contribution in [0.1, 0.15) is 5.89 Å². The van der Waals surface area contributed by atoms with Crippen molar-refractivity contribution in [1.82, 2.24) is 25.1 Å². The lowest BCUT2D eigenvalue weighted by molar-refractivity contribution is 0.383. The summed E-state index contributed by atoms with van der Waals surface area (Å²) in [5.41, 5.74) is 6.62. The van der Waals surface area contributed by atoms with Gasteiger partial charge in [-0.05, 0) is 12.1 Å². The van der Waals surface area contributed by atoms with Crippen molar-refractivity contribution < 1.29 is 4.52 Å². The van der Waals surface area contributed by atoms with Crippen LogP contribution in [0.2, 0.25) is 0 Å². The van der Waals surface area contributed by atoms with E-state index < -0.39 is 3.79 Å². The minimum absolute atomic E-state index is 0.00184. The van der Waals surface area contributed by atoms with Gasteiger partial charge in [-0.2, -0.15) is 19.9 Å². The summed E-state index contributed by atoms with van der Waals surface area (Å²) in [6.45, 7) is 0. The van der Waals surface area contributed by atoms with Crippen molar-refractivity contribution >= 4 is 52.4 Å². The number of anilines is 3. The fourth-order valence-corrected chi connectivity index (χ4v) is 2.06. The molecule has 0 radical (unpaired) electrons. The maximum absolute atomic E-state index is 5.75. The predicted octanol–water partition coefficient (Wildman–Crippen LogP) is 3.10. The Morgan fingerprint density at radius 1 is 1.00 bits per heavy atom. The second-order valence-electron chi connectivity index (χ2n) is 4.63. The van der Waals surface area contributed by atoms with Crippen LogP contribution in [0.4, 0.5) is 17.6 Å². The number of benzene rings is 1. The van der Waals surface area contributed by atoms with Crippen molar-refractivity contribution in [2.24, 2.45) is 0 Å². The predicted molar refractivity (Wildman–Crippen MR) is 91.3 cm³/mol. The molecule has 0 aliphatic carbocycles. The van der Waals surface area contributed by atoms with Crippen LogP contribution in [0.25, 0.3) is 11.6 Å². The van der Waals surface area contributed by atoms with Crippen molar-refractivity contribution in [1.29, 1.82) is 0 Å². The summed E-state index contributed by atoms with van der Waals surface area (Å²) in [4.78, 5) is 18.1. The van der Waals surface area contributed by atoms with E-state index in [2.05, 4.69) is 25.1 Å². The first-order chi connectivity index (χ1) is 11.3. The Morgan fingerprint density at radius 2 is 1.71 bits per heavy atom. The smallest absolute Gasteiger partial charge is 0.279 e. The average Bonchev–Trinajstić information content (AvgIpc) is 3.05. The molecule has 24 heavy (non-hydrogen) atoms. The van der Waals surface area contributed by atoms with E-state index in [4.69, 9.17) is 45.1 Å². The Bertz CT molecular complexity index is 850. The molecule has 3 rings (SSSR count). The summed E-state index contributed by atoms with van der Waals surface area (Å²) < 4.78 is 3.06. The SMILES string of the molecule is CN(c1ccccc1)c1nc(N)nc(-c2noc(C(Cl)(Cl)Cl)n2)n1. The number of hydrogen-bond acceptors (Lipinski definition) is 8. The molecule has 1 aromatic carbocycles. The number of nitrogen functional groups attached to an aromatic ring is 1. The molecule has 0 amide bonds. The summed E-state index contributed by atoms with van der Waals surface area (Å²) in [6.07, 6.45) is 0. The van der Waals surface area contributed by atoms with Gasteiger partial charge >= 0.3 is 0 Å². The van der Waals surface area contributed by atoms with Gasteiger partial charge in [0.1, 0.15) is 0 Å².